The van der Waals surface area contributed by atoms with E-state index in [1.165, 1.54) is 12.1 Å². The number of carbonyl (C=O) groups excluding carboxylic acids is 1. The Labute approximate surface area is 134 Å². The van der Waals surface area contributed by atoms with Crippen molar-refractivity contribution < 1.29 is 19.6 Å². The number of hydrogen-bond acceptors (Lipinski definition) is 8. The summed E-state index contributed by atoms with van der Waals surface area (Å²) in [5.74, 6) is -1.09. The average molecular weight is 348 g/mol. The first-order valence-corrected chi connectivity index (χ1v) is 6.29. The number of aliphatic hydroxyl groups excluding tert-OH is 1. The summed E-state index contributed by atoms with van der Waals surface area (Å²) in [5.41, 5.74) is 7.50. The van der Waals surface area contributed by atoms with E-state index in [0.29, 0.717) is 5.02 Å². The molecule has 2 aromatic rings. The third-order valence-electron chi connectivity index (χ3n) is 2.16. The lowest BCUT2D eigenvalue weighted by Crippen LogP contribution is -2.19. The number of carbonyl (C=O) groups is 1. The van der Waals surface area contributed by atoms with Crippen LogP contribution in [0.4, 0.5) is 5.82 Å². The first-order chi connectivity index (χ1) is 10.5. The largest absolute Gasteiger partial charge is 0.506 e. The van der Waals surface area contributed by atoms with Crippen LogP contribution in [-0.4, -0.2) is 39.8 Å². The van der Waals surface area contributed by atoms with Gasteiger partial charge in [0, 0.05) is 17.7 Å². The average Bonchev–Trinajstić information content (AvgIpc) is 2.92. The van der Waals surface area contributed by atoms with Gasteiger partial charge in [0.25, 0.3) is 5.91 Å². The zero-order chi connectivity index (χ0) is 16.7. The van der Waals surface area contributed by atoms with E-state index in [-0.39, 0.29) is 27.8 Å². The molecule has 0 radical (unpaired) electrons. The number of benzene rings is 1. The molecular formula is C11H11Cl2N5O4. The first kappa shape index (κ1) is 17.7. The summed E-state index contributed by atoms with van der Waals surface area (Å²) < 4.78 is 4.27. The molecule has 0 aliphatic rings. The number of nitrogens with zero attached hydrogens (tertiary/aromatic N) is 3. The molecule has 2 rings (SSSR count). The van der Waals surface area contributed by atoms with Gasteiger partial charge < -0.3 is 15.9 Å². The second kappa shape index (κ2) is 8.17. The van der Waals surface area contributed by atoms with Crippen molar-refractivity contribution in [1.82, 2.24) is 15.7 Å². The maximum absolute atomic E-state index is 11.6. The molecule has 22 heavy (non-hydrogen) atoms. The van der Waals surface area contributed by atoms with Crippen LogP contribution in [0.25, 0.3) is 0 Å². The normalized spacial score (nSPS) is 10.2. The summed E-state index contributed by atoms with van der Waals surface area (Å²) >= 11 is 11.5. The summed E-state index contributed by atoms with van der Waals surface area (Å²) in [7, 11) is 1.00. The summed E-state index contributed by atoms with van der Waals surface area (Å²) in [6.45, 7) is 0. The van der Waals surface area contributed by atoms with Gasteiger partial charge in [0.1, 0.15) is 5.75 Å². The lowest BCUT2D eigenvalue weighted by atomic mass is 10.2. The quantitative estimate of drug-likeness (QED) is 0.478. The molecule has 0 spiro atoms. The number of halogens is 2. The number of nitrogens with two attached hydrogens (primary N) is 1. The van der Waals surface area contributed by atoms with Crippen molar-refractivity contribution in [2.75, 3.05) is 12.8 Å². The van der Waals surface area contributed by atoms with Crippen molar-refractivity contribution in [3.05, 3.63) is 33.4 Å². The highest BCUT2D eigenvalue weighted by Crippen LogP contribution is 2.29. The van der Waals surface area contributed by atoms with Crippen LogP contribution < -0.4 is 11.2 Å². The van der Waals surface area contributed by atoms with Crippen molar-refractivity contribution in [2.24, 2.45) is 5.10 Å². The lowest BCUT2D eigenvalue weighted by Gasteiger charge is -2.02. The third-order valence-corrected chi connectivity index (χ3v) is 2.66. The maximum atomic E-state index is 11.6. The van der Waals surface area contributed by atoms with Gasteiger partial charge in [-0.2, -0.15) is 5.10 Å². The van der Waals surface area contributed by atoms with Gasteiger partial charge in [-0.3, -0.25) is 4.79 Å². The van der Waals surface area contributed by atoms with E-state index in [1.807, 2.05) is 0 Å². The van der Waals surface area contributed by atoms with Gasteiger partial charge in [-0.05, 0) is 22.4 Å². The van der Waals surface area contributed by atoms with Crippen LogP contribution in [0.3, 0.4) is 0 Å². The summed E-state index contributed by atoms with van der Waals surface area (Å²) in [4.78, 5) is 11.6. The third kappa shape index (κ3) is 4.32. The number of phenolic OH excluding ortho intramolecular Hbond substituents is 1. The number of aromatic nitrogens is 2. The zero-order valence-electron chi connectivity index (χ0n) is 11.1. The van der Waals surface area contributed by atoms with Gasteiger partial charge in [0.05, 0.1) is 11.2 Å². The molecular weight excluding hydrogens is 337 g/mol. The number of hydrogen-bond donors (Lipinski definition) is 4. The fourth-order valence-electron chi connectivity index (χ4n) is 1.25. The molecule has 0 saturated heterocycles. The molecule has 11 heteroatoms. The predicted octanol–water partition coefficient (Wildman–Crippen LogP) is 1.04. The maximum Gasteiger partial charge on any atom is 0.297 e. The number of rotatable bonds is 3. The summed E-state index contributed by atoms with van der Waals surface area (Å²) in [6.07, 6.45) is 1.16. The van der Waals surface area contributed by atoms with E-state index in [1.54, 1.807) is 0 Å². The Hall–Kier alpha value is -2.36. The fourth-order valence-corrected chi connectivity index (χ4v) is 1.76. The number of amides is 1. The zero-order valence-corrected chi connectivity index (χ0v) is 12.6. The molecule has 0 fully saturated rings. The number of aliphatic hydroxyl groups is 1. The molecule has 0 aliphatic heterocycles. The Bertz CT molecular complexity index is 689. The van der Waals surface area contributed by atoms with E-state index in [9.17, 15) is 9.90 Å². The van der Waals surface area contributed by atoms with E-state index in [4.69, 9.17) is 34.0 Å². The van der Waals surface area contributed by atoms with Crippen LogP contribution in [0.15, 0.2) is 21.9 Å². The van der Waals surface area contributed by atoms with Crippen LogP contribution in [0.5, 0.6) is 5.75 Å². The van der Waals surface area contributed by atoms with Crippen molar-refractivity contribution in [2.45, 2.75) is 0 Å². The first-order valence-electron chi connectivity index (χ1n) is 5.53. The Kier molecular flexibility index (Phi) is 6.57. The van der Waals surface area contributed by atoms with Crippen LogP contribution in [0, 0.1) is 0 Å². The highest BCUT2D eigenvalue weighted by atomic mass is 35.5. The van der Waals surface area contributed by atoms with Crippen LogP contribution in [0.2, 0.25) is 10.0 Å². The highest BCUT2D eigenvalue weighted by Gasteiger charge is 2.15. The molecule has 5 N–H and O–H groups in total. The van der Waals surface area contributed by atoms with Crippen molar-refractivity contribution in [3.8, 4) is 5.75 Å². The molecule has 0 aliphatic carbocycles. The lowest BCUT2D eigenvalue weighted by molar-refractivity contribution is 0.0946. The van der Waals surface area contributed by atoms with Crippen LogP contribution >= 0.6 is 23.2 Å². The van der Waals surface area contributed by atoms with Crippen molar-refractivity contribution >= 4 is 41.1 Å². The number of phenols is 1. The minimum atomic E-state index is -0.715. The second-order valence-electron chi connectivity index (χ2n) is 3.52. The van der Waals surface area contributed by atoms with Crippen LogP contribution in [0.1, 0.15) is 16.1 Å². The Morgan fingerprint density at radius 3 is 2.68 bits per heavy atom. The number of nitrogen functional groups attached to an aromatic ring is 1. The molecule has 1 aromatic carbocycles. The highest BCUT2D eigenvalue weighted by molar-refractivity contribution is 6.36. The summed E-state index contributed by atoms with van der Waals surface area (Å²) in [6, 6.07) is 2.79. The topological polar surface area (TPSA) is 147 Å². The minimum absolute atomic E-state index is 0.0650. The fraction of sp³-hybridized carbons (Fsp3) is 0.0909. The van der Waals surface area contributed by atoms with E-state index >= 15 is 0 Å². The SMILES string of the molecule is CO.Nc1nonc1C(=O)N/N=C\c1cc(Cl)cc(Cl)c1O. The molecule has 1 heterocycles. The van der Waals surface area contributed by atoms with Gasteiger partial charge in [-0.1, -0.05) is 23.2 Å². The standard InChI is InChI=1S/C10H7Cl2N5O3.CH4O/c11-5-1-4(8(18)6(12)2-5)3-14-15-10(19)7-9(13)17-20-16-7;1-2/h1-3,18H,(H2,13,17)(H,15,19);2H,1H3/b14-3-;. The molecule has 0 saturated carbocycles. The number of aromatic hydroxyl groups is 1. The van der Waals surface area contributed by atoms with Gasteiger partial charge in [-0.25, -0.2) is 10.1 Å². The van der Waals surface area contributed by atoms with Gasteiger partial charge in [0.2, 0.25) is 11.5 Å². The minimum Gasteiger partial charge on any atom is -0.506 e. The molecule has 1 amide bonds. The molecule has 118 valence electrons. The Morgan fingerprint density at radius 1 is 1.41 bits per heavy atom. The monoisotopic (exact) mass is 347 g/mol. The van der Waals surface area contributed by atoms with E-state index in [2.05, 4.69) is 25.5 Å². The Morgan fingerprint density at radius 2 is 2.09 bits per heavy atom. The summed E-state index contributed by atoms with van der Waals surface area (Å²) in [5, 5.41) is 27.2. The second-order valence-corrected chi connectivity index (χ2v) is 4.37. The van der Waals surface area contributed by atoms with Gasteiger partial charge >= 0.3 is 0 Å². The van der Waals surface area contributed by atoms with E-state index in [0.717, 1.165) is 13.3 Å². The van der Waals surface area contributed by atoms with Crippen LogP contribution in [-0.2, 0) is 0 Å². The molecule has 1 aromatic heterocycles. The molecule has 9 nitrogen and oxygen atoms in total. The van der Waals surface area contributed by atoms with Gasteiger partial charge in [0.15, 0.2) is 0 Å². The smallest absolute Gasteiger partial charge is 0.297 e. The number of nitrogens with one attached hydrogen (secondary N) is 1. The van der Waals surface area contributed by atoms with Gasteiger partial charge in [-0.15, -0.1) is 0 Å². The van der Waals surface area contributed by atoms with Crippen molar-refractivity contribution in [1.29, 1.82) is 0 Å². The molecule has 0 unspecified atom stereocenters. The Balaban J connectivity index is 0.00000116. The molecule has 0 atom stereocenters. The molecule has 0 bridgehead atoms. The van der Waals surface area contributed by atoms with E-state index < -0.39 is 5.91 Å². The number of anilines is 1. The van der Waals surface area contributed by atoms with Crippen molar-refractivity contribution in [3.63, 3.8) is 0 Å². The number of hydrazone groups is 1. The predicted molar refractivity (Wildman–Crippen MR) is 80.0 cm³/mol.